The van der Waals surface area contributed by atoms with Crippen LogP contribution in [0.5, 0.6) is 0 Å². The summed E-state index contributed by atoms with van der Waals surface area (Å²) in [5.41, 5.74) is 1.03. The van der Waals surface area contributed by atoms with E-state index in [9.17, 15) is 9.90 Å². The molecule has 0 aromatic carbocycles. The number of rotatable bonds is 5. The minimum atomic E-state index is -0.514. The molecule has 1 atom stereocenters. The van der Waals surface area contributed by atoms with Crippen LogP contribution in [0.1, 0.15) is 42.1 Å². The first-order valence-corrected chi connectivity index (χ1v) is 5.81. The van der Waals surface area contributed by atoms with E-state index in [-0.39, 0.29) is 12.5 Å². The molecule has 0 saturated heterocycles. The van der Waals surface area contributed by atoms with E-state index in [1.165, 1.54) is 0 Å². The Morgan fingerprint density at radius 1 is 1.47 bits per heavy atom. The molecule has 5 nitrogen and oxygen atoms in total. The number of nitrogens with one attached hydrogen (secondary N) is 1. The lowest BCUT2D eigenvalue weighted by Gasteiger charge is -2.13. The highest BCUT2D eigenvalue weighted by Crippen LogP contribution is 2.11. The van der Waals surface area contributed by atoms with Crippen molar-refractivity contribution in [1.29, 1.82) is 0 Å². The maximum Gasteiger partial charge on any atom is 0.256 e. The Kier molecular flexibility index (Phi) is 4.69. The van der Waals surface area contributed by atoms with Crippen LogP contribution >= 0.6 is 0 Å². The van der Waals surface area contributed by atoms with Crippen LogP contribution in [-0.4, -0.2) is 28.8 Å². The fourth-order valence-corrected chi connectivity index (χ4v) is 1.73. The summed E-state index contributed by atoms with van der Waals surface area (Å²) in [4.78, 5) is 11.8. The predicted octanol–water partition coefficient (Wildman–Crippen LogP) is 1.43. The molecule has 0 aliphatic carbocycles. The summed E-state index contributed by atoms with van der Waals surface area (Å²) in [6, 6.07) is 0. The second-order valence-corrected chi connectivity index (χ2v) is 4.69. The maximum absolute atomic E-state index is 11.8. The van der Waals surface area contributed by atoms with Gasteiger partial charge >= 0.3 is 0 Å². The summed E-state index contributed by atoms with van der Waals surface area (Å²) in [7, 11) is 0. The Morgan fingerprint density at radius 2 is 2.12 bits per heavy atom. The third kappa shape index (κ3) is 3.85. The van der Waals surface area contributed by atoms with E-state index in [0.717, 1.165) is 0 Å². The summed E-state index contributed by atoms with van der Waals surface area (Å²) < 4.78 is 4.91. The van der Waals surface area contributed by atoms with Crippen LogP contribution in [0, 0.1) is 19.8 Å². The van der Waals surface area contributed by atoms with Gasteiger partial charge in [-0.05, 0) is 26.2 Å². The normalized spacial score (nSPS) is 12.8. The first-order chi connectivity index (χ1) is 7.91. The maximum atomic E-state index is 11.8. The summed E-state index contributed by atoms with van der Waals surface area (Å²) in [6.07, 6.45) is 0.154. The van der Waals surface area contributed by atoms with E-state index >= 15 is 0 Å². The third-order valence-corrected chi connectivity index (χ3v) is 2.50. The molecular formula is C12H20N2O3. The molecule has 2 N–H and O–H groups in total. The van der Waals surface area contributed by atoms with Gasteiger partial charge in [0.25, 0.3) is 5.91 Å². The van der Waals surface area contributed by atoms with Gasteiger partial charge in [0.2, 0.25) is 0 Å². The van der Waals surface area contributed by atoms with Crippen molar-refractivity contribution in [1.82, 2.24) is 10.5 Å². The molecule has 1 amide bonds. The smallest absolute Gasteiger partial charge is 0.256 e. The van der Waals surface area contributed by atoms with Gasteiger partial charge in [0.15, 0.2) is 0 Å². The monoisotopic (exact) mass is 240 g/mol. The number of aliphatic hydroxyl groups excluding tert-OH is 1. The van der Waals surface area contributed by atoms with Gasteiger partial charge in [-0.25, -0.2) is 0 Å². The van der Waals surface area contributed by atoms with Crippen LogP contribution in [0.3, 0.4) is 0 Å². The van der Waals surface area contributed by atoms with E-state index in [2.05, 4.69) is 10.5 Å². The zero-order valence-corrected chi connectivity index (χ0v) is 10.8. The Morgan fingerprint density at radius 3 is 2.59 bits per heavy atom. The number of amides is 1. The number of aromatic nitrogens is 1. The first-order valence-electron chi connectivity index (χ1n) is 5.81. The van der Waals surface area contributed by atoms with E-state index in [0.29, 0.717) is 29.4 Å². The molecule has 0 fully saturated rings. The minimum absolute atomic E-state index is 0.246. The van der Waals surface area contributed by atoms with Gasteiger partial charge in [-0.15, -0.1) is 0 Å². The van der Waals surface area contributed by atoms with Crippen LogP contribution < -0.4 is 5.32 Å². The van der Waals surface area contributed by atoms with Crippen molar-refractivity contribution in [2.45, 2.75) is 40.2 Å². The first kappa shape index (κ1) is 13.7. The van der Waals surface area contributed by atoms with Crippen LogP contribution in [0.25, 0.3) is 0 Å². The topological polar surface area (TPSA) is 75.4 Å². The lowest BCUT2D eigenvalue weighted by molar-refractivity contribution is 0.0898. The SMILES string of the molecule is Cc1noc(C)c1C(=O)NCC(O)CC(C)C. The number of carbonyl (C=O) groups is 1. The molecule has 0 aliphatic rings. The van der Waals surface area contributed by atoms with Crippen LogP contribution in [0.2, 0.25) is 0 Å². The van der Waals surface area contributed by atoms with Gasteiger partial charge in [-0.3, -0.25) is 4.79 Å². The molecule has 0 saturated carbocycles. The molecule has 1 rings (SSSR count). The van der Waals surface area contributed by atoms with Crippen LogP contribution in [-0.2, 0) is 0 Å². The van der Waals surface area contributed by atoms with Crippen molar-refractivity contribution in [2.75, 3.05) is 6.54 Å². The molecule has 5 heteroatoms. The Bertz CT molecular complexity index is 366. The van der Waals surface area contributed by atoms with Crippen molar-refractivity contribution in [3.63, 3.8) is 0 Å². The number of carbonyl (C=O) groups excluding carboxylic acids is 1. The minimum Gasteiger partial charge on any atom is -0.391 e. The Hall–Kier alpha value is -1.36. The number of nitrogens with zero attached hydrogens (tertiary/aromatic N) is 1. The average molecular weight is 240 g/mol. The number of hydrogen-bond donors (Lipinski definition) is 2. The molecule has 0 radical (unpaired) electrons. The van der Waals surface area contributed by atoms with Crippen molar-refractivity contribution in [2.24, 2.45) is 5.92 Å². The molecule has 1 heterocycles. The van der Waals surface area contributed by atoms with Crippen molar-refractivity contribution < 1.29 is 14.4 Å². The number of aliphatic hydroxyl groups is 1. The average Bonchev–Trinajstić information content (AvgIpc) is 2.54. The molecule has 0 bridgehead atoms. The molecule has 17 heavy (non-hydrogen) atoms. The highest BCUT2D eigenvalue weighted by atomic mass is 16.5. The quantitative estimate of drug-likeness (QED) is 0.816. The van der Waals surface area contributed by atoms with Gasteiger partial charge in [0.05, 0.1) is 11.8 Å². The molecule has 1 unspecified atom stereocenters. The standard InChI is InChI=1S/C12H20N2O3/c1-7(2)5-10(15)6-13-12(16)11-8(3)14-17-9(11)4/h7,10,15H,5-6H2,1-4H3,(H,13,16). The summed E-state index contributed by atoms with van der Waals surface area (Å²) in [5.74, 6) is 0.656. The highest BCUT2D eigenvalue weighted by molar-refractivity contribution is 5.96. The van der Waals surface area contributed by atoms with Crippen LogP contribution in [0.4, 0.5) is 0 Å². The number of hydrogen-bond acceptors (Lipinski definition) is 4. The lowest BCUT2D eigenvalue weighted by atomic mass is 10.1. The van der Waals surface area contributed by atoms with E-state index < -0.39 is 6.10 Å². The number of aryl methyl sites for hydroxylation is 2. The van der Waals surface area contributed by atoms with Gasteiger partial charge in [0.1, 0.15) is 11.3 Å². The summed E-state index contributed by atoms with van der Waals surface area (Å²) >= 11 is 0. The molecule has 0 aliphatic heterocycles. The molecule has 96 valence electrons. The van der Waals surface area contributed by atoms with Gasteiger partial charge < -0.3 is 14.9 Å². The zero-order valence-electron chi connectivity index (χ0n) is 10.8. The van der Waals surface area contributed by atoms with Gasteiger partial charge in [-0.1, -0.05) is 19.0 Å². The molecule has 1 aromatic heterocycles. The Balaban J connectivity index is 2.51. The van der Waals surface area contributed by atoms with Crippen molar-refractivity contribution >= 4 is 5.91 Å². The highest BCUT2D eigenvalue weighted by Gasteiger charge is 2.18. The summed E-state index contributed by atoms with van der Waals surface area (Å²) in [5, 5.41) is 16.0. The molecule has 1 aromatic rings. The summed E-state index contributed by atoms with van der Waals surface area (Å²) in [6.45, 7) is 7.72. The molecular weight excluding hydrogens is 220 g/mol. The lowest BCUT2D eigenvalue weighted by Crippen LogP contribution is -2.33. The molecule has 0 spiro atoms. The van der Waals surface area contributed by atoms with Crippen molar-refractivity contribution in [3.05, 3.63) is 17.0 Å². The van der Waals surface area contributed by atoms with E-state index in [1.54, 1.807) is 13.8 Å². The largest absolute Gasteiger partial charge is 0.391 e. The fraction of sp³-hybridized carbons (Fsp3) is 0.667. The third-order valence-electron chi connectivity index (χ3n) is 2.50. The van der Waals surface area contributed by atoms with Gasteiger partial charge in [-0.2, -0.15) is 0 Å². The van der Waals surface area contributed by atoms with E-state index in [4.69, 9.17) is 4.52 Å². The fourth-order valence-electron chi connectivity index (χ4n) is 1.73. The second kappa shape index (κ2) is 5.82. The van der Waals surface area contributed by atoms with Crippen LogP contribution in [0.15, 0.2) is 4.52 Å². The van der Waals surface area contributed by atoms with Crippen molar-refractivity contribution in [3.8, 4) is 0 Å². The predicted molar refractivity (Wildman–Crippen MR) is 63.8 cm³/mol. The van der Waals surface area contributed by atoms with E-state index in [1.807, 2.05) is 13.8 Å². The Labute approximate surface area is 101 Å². The van der Waals surface area contributed by atoms with Gasteiger partial charge in [0, 0.05) is 6.54 Å². The second-order valence-electron chi connectivity index (χ2n) is 4.69. The zero-order chi connectivity index (χ0) is 13.0.